The second-order valence-corrected chi connectivity index (χ2v) is 3.15. The smallest absolute Gasteiger partial charge is 0.356 e. The summed E-state index contributed by atoms with van der Waals surface area (Å²) in [6, 6.07) is 4.64. The molecule has 1 aromatic heterocycles. The molecule has 0 aliphatic carbocycles. The van der Waals surface area contributed by atoms with Gasteiger partial charge in [0.25, 0.3) is 0 Å². The van der Waals surface area contributed by atoms with E-state index >= 15 is 0 Å². The summed E-state index contributed by atoms with van der Waals surface area (Å²) in [5, 5.41) is 0.296. The Labute approximate surface area is 89.7 Å². The summed E-state index contributed by atoms with van der Waals surface area (Å²) in [6.45, 7) is 0. The fourth-order valence-corrected chi connectivity index (χ4v) is 1.38. The van der Waals surface area contributed by atoms with Gasteiger partial charge >= 0.3 is 5.97 Å². The maximum Gasteiger partial charge on any atom is 0.356 e. The number of halogens is 2. The Kier molecular flexibility index (Phi) is 2.52. The van der Waals surface area contributed by atoms with Gasteiger partial charge < -0.3 is 4.74 Å². The number of hydrogen-bond donors (Lipinski definition) is 0. The van der Waals surface area contributed by atoms with E-state index in [0.717, 1.165) is 12.1 Å². The molecule has 0 N–H and O–H groups in total. The van der Waals surface area contributed by atoms with E-state index < -0.39 is 17.6 Å². The normalized spacial score (nSPS) is 10.4. The van der Waals surface area contributed by atoms with Gasteiger partial charge in [-0.1, -0.05) is 6.07 Å². The third-order valence-electron chi connectivity index (χ3n) is 2.11. The molecule has 5 heteroatoms. The third kappa shape index (κ3) is 1.71. The lowest BCUT2D eigenvalue weighted by molar-refractivity contribution is 0.0594. The summed E-state index contributed by atoms with van der Waals surface area (Å²) in [4.78, 5) is 14.9. The molecule has 1 aromatic carbocycles. The molecular formula is C11H7F2NO2. The molecule has 0 amide bonds. The van der Waals surface area contributed by atoms with Gasteiger partial charge in [0.15, 0.2) is 5.82 Å². The van der Waals surface area contributed by atoms with Crippen molar-refractivity contribution in [1.29, 1.82) is 0 Å². The first kappa shape index (κ1) is 10.5. The second-order valence-electron chi connectivity index (χ2n) is 3.15. The van der Waals surface area contributed by atoms with Crippen LogP contribution in [0.25, 0.3) is 10.9 Å². The second kappa shape index (κ2) is 3.84. The highest BCUT2D eigenvalue weighted by Crippen LogP contribution is 2.18. The molecule has 2 aromatic rings. The number of rotatable bonds is 1. The van der Waals surface area contributed by atoms with Gasteiger partial charge in [0.2, 0.25) is 0 Å². The monoisotopic (exact) mass is 223 g/mol. The summed E-state index contributed by atoms with van der Waals surface area (Å²) in [5.74, 6) is -2.15. The van der Waals surface area contributed by atoms with E-state index in [1.807, 2.05) is 0 Å². The Morgan fingerprint density at radius 1 is 1.31 bits per heavy atom. The van der Waals surface area contributed by atoms with Crippen molar-refractivity contribution in [1.82, 2.24) is 4.98 Å². The molecule has 0 radical (unpaired) electrons. The summed E-state index contributed by atoms with van der Waals surface area (Å²) < 4.78 is 30.7. The fraction of sp³-hybridized carbons (Fsp3) is 0.0909. The standard InChI is InChI=1S/C11H7F2NO2/c1-16-11(15)9-3-2-6-4-7(12)5-8(13)10(6)14-9/h2-5H,1H3. The van der Waals surface area contributed by atoms with Gasteiger partial charge in [0.1, 0.15) is 17.0 Å². The van der Waals surface area contributed by atoms with E-state index in [1.165, 1.54) is 19.2 Å². The first-order valence-corrected chi connectivity index (χ1v) is 4.46. The average Bonchev–Trinajstić information content (AvgIpc) is 2.27. The van der Waals surface area contributed by atoms with Crippen LogP contribution in [0.3, 0.4) is 0 Å². The van der Waals surface area contributed by atoms with Crippen molar-refractivity contribution < 1.29 is 18.3 Å². The Hall–Kier alpha value is -2.04. The topological polar surface area (TPSA) is 39.2 Å². The highest BCUT2D eigenvalue weighted by Gasteiger charge is 2.11. The molecule has 3 nitrogen and oxygen atoms in total. The molecule has 0 spiro atoms. The van der Waals surface area contributed by atoms with Gasteiger partial charge in [-0.05, 0) is 12.1 Å². The minimum Gasteiger partial charge on any atom is -0.464 e. The van der Waals surface area contributed by atoms with Gasteiger partial charge in [0, 0.05) is 11.5 Å². The van der Waals surface area contributed by atoms with Crippen molar-refractivity contribution in [3.05, 3.63) is 41.6 Å². The zero-order chi connectivity index (χ0) is 11.7. The van der Waals surface area contributed by atoms with E-state index in [2.05, 4.69) is 9.72 Å². The Morgan fingerprint density at radius 2 is 2.06 bits per heavy atom. The van der Waals surface area contributed by atoms with Crippen molar-refractivity contribution in [2.75, 3.05) is 7.11 Å². The Morgan fingerprint density at radius 3 is 2.75 bits per heavy atom. The van der Waals surface area contributed by atoms with Gasteiger partial charge in [-0.15, -0.1) is 0 Å². The predicted molar refractivity (Wildman–Crippen MR) is 53.0 cm³/mol. The molecule has 0 bridgehead atoms. The van der Waals surface area contributed by atoms with Crippen molar-refractivity contribution >= 4 is 16.9 Å². The molecule has 0 unspecified atom stereocenters. The van der Waals surface area contributed by atoms with Crippen molar-refractivity contribution in [2.45, 2.75) is 0 Å². The molecule has 0 aliphatic heterocycles. The van der Waals surface area contributed by atoms with Crippen LogP contribution >= 0.6 is 0 Å². The molecule has 0 saturated carbocycles. The van der Waals surface area contributed by atoms with Crippen LogP contribution in [0.15, 0.2) is 24.3 Å². The lowest BCUT2D eigenvalue weighted by Crippen LogP contribution is -2.04. The van der Waals surface area contributed by atoms with Crippen LogP contribution in [-0.2, 0) is 4.74 Å². The number of methoxy groups -OCH3 is 1. The molecule has 0 saturated heterocycles. The predicted octanol–water partition coefficient (Wildman–Crippen LogP) is 2.30. The minimum absolute atomic E-state index is 0.0134. The van der Waals surface area contributed by atoms with Crippen molar-refractivity contribution in [3.63, 3.8) is 0 Å². The third-order valence-corrected chi connectivity index (χ3v) is 2.11. The molecule has 1 heterocycles. The van der Waals surface area contributed by atoms with Crippen LogP contribution in [0.4, 0.5) is 8.78 Å². The molecular weight excluding hydrogens is 216 g/mol. The number of ether oxygens (including phenoxy) is 1. The van der Waals surface area contributed by atoms with Gasteiger partial charge in [0.05, 0.1) is 7.11 Å². The number of carbonyl (C=O) groups excluding carboxylic acids is 1. The zero-order valence-corrected chi connectivity index (χ0v) is 8.33. The molecule has 0 atom stereocenters. The van der Waals surface area contributed by atoms with Crippen molar-refractivity contribution in [3.8, 4) is 0 Å². The van der Waals surface area contributed by atoms with Crippen LogP contribution in [0, 0.1) is 11.6 Å². The van der Waals surface area contributed by atoms with E-state index in [0.29, 0.717) is 5.39 Å². The number of benzene rings is 1. The van der Waals surface area contributed by atoms with E-state index in [1.54, 1.807) is 0 Å². The first-order chi connectivity index (χ1) is 7.61. The van der Waals surface area contributed by atoms with Crippen molar-refractivity contribution in [2.24, 2.45) is 0 Å². The van der Waals surface area contributed by atoms with Gasteiger partial charge in [-0.3, -0.25) is 0 Å². The summed E-state index contributed by atoms with van der Waals surface area (Å²) in [6.07, 6.45) is 0. The maximum atomic E-state index is 13.3. The van der Waals surface area contributed by atoms with Crippen LogP contribution in [0.1, 0.15) is 10.5 Å². The van der Waals surface area contributed by atoms with E-state index in [-0.39, 0.29) is 11.2 Å². The fourth-order valence-electron chi connectivity index (χ4n) is 1.38. The number of fused-ring (bicyclic) bond motifs is 1. The number of carbonyl (C=O) groups is 1. The number of nitrogens with zero attached hydrogens (tertiary/aromatic N) is 1. The lowest BCUT2D eigenvalue weighted by atomic mass is 10.2. The first-order valence-electron chi connectivity index (χ1n) is 4.46. The van der Waals surface area contributed by atoms with E-state index in [9.17, 15) is 13.6 Å². The van der Waals surface area contributed by atoms with Gasteiger partial charge in [-0.2, -0.15) is 0 Å². The highest BCUT2D eigenvalue weighted by atomic mass is 19.1. The van der Waals surface area contributed by atoms with Crippen LogP contribution < -0.4 is 0 Å². The minimum atomic E-state index is -0.805. The molecule has 82 valence electrons. The Bertz CT molecular complexity index is 569. The largest absolute Gasteiger partial charge is 0.464 e. The number of esters is 1. The molecule has 0 fully saturated rings. The molecule has 2 rings (SSSR count). The highest BCUT2D eigenvalue weighted by molar-refractivity contribution is 5.91. The number of hydrogen-bond acceptors (Lipinski definition) is 3. The van der Waals surface area contributed by atoms with Gasteiger partial charge in [-0.25, -0.2) is 18.6 Å². The number of pyridine rings is 1. The zero-order valence-electron chi connectivity index (χ0n) is 8.33. The lowest BCUT2D eigenvalue weighted by Gasteiger charge is -2.02. The quantitative estimate of drug-likeness (QED) is 0.696. The maximum absolute atomic E-state index is 13.3. The summed E-state index contributed by atoms with van der Waals surface area (Å²) in [7, 11) is 1.20. The van der Waals surface area contributed by atoms with Crippen LogP contribution in [0.5, 0.6) is 0 Å². The Balaban J connectivity index is 2.66. The summed E-state index contributed by atoms with van der Waals surface area (Å²) in [5.41, 5.74) is -0.0650. The summed E-state index contributed by atoms with van der Waals surface area (Å²) >= 11 is 0. The molecule has 16 heavy (non-hydrogen) atoms. The molecule has 0 aliphatic rings. The van der Waals surface area contributed by atoms with E-state index in [4.69, 9.17) is 0 Å². The van der Waals surface area contributed by atoms with Crippen LogP contribution in [0.2, 0.25) is 0 Å². The average molecular weight is 223 g/mol. The SMILES string of the molecule is COC(=O)c1ccc2cc(F)cc(F)c2n1. The number of aromatic nitrogens is 1. The van der Waals surface area contributed by atoms with Crippen LogP contribution in [-0.4, -0.2) is 18.1 Å².